The molecule has 1 heterocycles. The molecule has 2 N–H and O–H groups in total. The molecule has 1 fully saturated rings. The summed E-state index contributed by atoms with van der Waals surface area (Å²) in [5.41, 5.74) is 2.27. The topological polar surface area (TPSA) is 52.0 Å². The molecule has 5 nitrogen and oxygen atoms in total. The monoisotopic (exact) mass is 369 g/mol. The van der Waals surface area contributed by atoms with E-state index in [1.807, 2.05) is 49.4 Å². The van der Waals surface area contributed by atoms with E-state index in [4.69, 9.17) is 9.47 Å². The minimum absolute atomic E-state index is 0.00896. The van der Waals surface area contributed by atoms with Gasteiger partial charge in [-0.3, -0.25) is 4.79 Å². The molecule has 3 atom stereocenters. The maximum Gasteiger partial charge on any atom is 0.275 e. The second-order valence-corrected chi connectivity index (χ2v) is 7.09. The number of hydrogen-bond donors (Lipinski definition) is 2. The fraction of sp³-hybridized carbons (Fsp3) is 0.409. The Morgan fingerprint density at radius 1 is 1.19 bits per heavy atom. The van der Waals surface area contributed by atoms with Crippen LogP contribution in [0.5, 0.6) is 11.5 Å². The summed E-state index contributed by atoms with van der Waals surface area (Å²) in [6.45, 7) is 3.49. The normalized spacial score (nSPS) is 20.1. The summed E-state index contributed by atoms with van der Waals surface area (Å²) in [5.74, 6) is 1.70. The van der Waals surface area contributed by atoms with Crippen molar-refractivity contribution in [2.24, 2.45) is 0 Å². The molecule has 1 amide bonds. The van der Waals surface area contributed by atoms with Gasteiger partial charge in [0.25, 0.3) is 5.91 Å². The van der Waals surface area contributed by atoms with Crippen molar-refractivity contribution in [3.8, 4) is 11.5 Å². The van der Waals surface area contributed by atoms with Gasteiger partial charge in [0.15, 0.2) is 6.54 Å². The fourth-order valence-electron chi connectivity index (χ4n) is 3.93. The molecule has 0 radical (unpaired) electrons. The van der Waals surface area contributed by atoms with E-state index in [1.165, 1.54) is 4.90 Å². The van der Waals surface area contributed by atoms with Crippen molar-refractivity contribution < 1.29 is 19.2 Å². The minimum Gasteiger partial charge on any atom is -0.497 e. The van der Waals surface area contributed by atoms with Crippen LogP contribution in [0.1, 0.15) is 43.0 Å². The lowest BCUT2D eigenvalue weighted by molar-refractivity contribution is -0.910. The van der Waals surface area contributed by atoms with Crippen LogP contribution in [0.25, 0.3) is 0 Å². The first-order chi connectivity index (χ1) is 13.1. The van der Waals surface area contributed by atoms with Crippen LogP contribution in [-0.4, -0.2) is 33.2 Å². The average molecular weight is 369 g/mol. The molecule has 1 unspecified atom stereocenters. The number of hydrogen-bond acceptors (Lipinski definition) is 3. The predicted molar refractivity (Wildman–Crippen MR) is 105 cm³/mol. The van der Waals surface area contributed by atoms with Crippen LogP contribution in [0.15, 0.2) is 48.5 Å². The molecule has 27 heavy (non-hydrogen) atoms. The highest BCUT2D eigenvalue weighted by Crippen LogP contribution is 2.31. The third-order valence-corrected chi connectivity index (χ3v) is 5.36. The average Bonchev–Trinajstić information content (AvgIpc) is 3.15. The van der Waals surface area contributed by atoms with Crippen molar-refractivity contribution in [1.29, 1.82) is 0 Å². The van der Waals surface area contributed by atoms with Crippen molar-refractivity contribution in [3.63, 3.8) is 0 Å². The zero-order valence-corrected chi connectivity index (χ0v) is 16.3. The summed E-state index contributed by atoms with van der Waals surface area (Å²) >= 11 is 0. The number of nitrogens with one attached hydrogen (secondary N) is 2. The van der Waals surface area contributed by atoms with Crippen molar-refractivity contribution in [2.75, 3.05) is 27.3 Å². The lowest BCUT2D eigenvalue weighted by atomic mass is 10.0. The summed E-state index contributed by atoms with van der Waals surface area (Å²) in [7, 11) is 3.33. The van der Waals surface area contributed by atoms with E-state index in [2.05, 4.69) is 11.4 Å². The van der Waals surface area contributed by atoms with E-state index in [1.54, 1.807) is 14.2 Å². The lowest BCUT2D eigenvalue weighted by Crippen LogP contribution is -3.11. The van der Waals surface area contributed by atoms with Crippen LogP contribution >= 0.6 is 0 Å². The zero-order chi connectivity index (χ0) is 19.2. The Labute approximate surface area is 161 Å². The van der Waals surface area contributed by atoms with Crippen LogP contribution in [-0.2, 0) is 4.79 Å². The van der Waals surface area contributed by atoms with Gasteiger partial charge in [-0.1, -0.05) is 30.3 Å². The SMILES string of the molecule is COc1ccc([C@H]2CCC[NH+]2CC(=O)N[C@H](C)c2ccccc2)c(OC)c1. The number of likely N-dealkylation sites (tertiary alicyclic amines) is 1. The highest BCUT2D eigenvalue weighted by atomic mass is 16.5. The third-order valence-electron chi connectivity index (χ3n) is 5.36. The Morgan fingerprint density at radius 2 is 1.96 bits per heavy atom. The van der Waals surface area contributed by atoms with Crippen LogP contribution in [0.4, 0.5) is 0 Å². The molecule has 2 aromatic carbocycles. The highest BCUT2D eigenvalue weighted by Gasteiger charge is 2.34. The first kappa shape index (κ1) is 19.2. The van der Waals surface area contributed by atoms with Gasteiger partial charge in [-0.2, -0.15) is 0 Å². The Balaban J connectivity index is 1.67. The number of carbonyl (C=O) groups excluding carboxylic acids is 1. The van der Waals surface area contributed by atoms with E-state index in [9.17, 15) is 4.79 Å². The quantitative estimate of drug-likeness (QED) is 0.787. The van der Waals surface area contributed by atoms with Gasteiger partial charge in [0, 0.05) is 18.9 Å². The van der Waals surface area contributed by atoms with Gasteiger partial charge in [-0.25, -0.2) is 0 Å². The van der Waals surface area contributed by atoms with E-state index in [0.717, 1.165) is 42.0 Å². The van der Waals surface area contributed by atoms with Crippen LogP contribution in [0, 0.1) is 0 Å². The van der Waals surface area contributed by atoms with Crippen LogP contribution in [0.3, 0.4) is 0 Å². The maximum absolute atomic E-state index is 12.6. The second kappa shape index (κ2) is 8.91. The van der Waals surface area contributed by atoms with E-state index in [-0.39, 0.29) is 18.0 Å². The summed E-state index contributed by atoms with van der Waals surface area (Å²) in [6, 6.07) is 16.3. The molecule has 0 spiro atoms. The van der Waals surface area contributed by atoms with Crippen molar-refractivity contribution in [1.82, 2.24) is 5.32 Å². The number of quaternary nitrogens is 1. The number of carbonyl (C=O) groups is 1. The van der Waals surface area contributed by atoms with Gasteiger partial charge in [-0.05, 0) is 24.6 Å². The molecule has 3 rings (SSSR count). The Bertz CT molecular complexity index is 763. The largest absolute Gasteiger partial charge is 0.497 e. The molecule has 1 aliphatic rings. The first-order valence-corrected chi connectivity index (χ1v) is 9.53. The number of amides is 1. The predicted octanol–water partition coefficient (Wildman–Crippen LogP) is 2.30. The number of rotatable bonds is 7. The number of methoxy groups -OCH3 is 2. The number of ether oxygens (including phenoxy) is 2. The Hall–Kier alpha value is -2.53. The zero-order valence-electron chi connectivity index (χ0n) is 16.3. The highest BCUT2D eigenvalue weighted by molar-refractivity contribution is 5.77. The minimum atomic E-state index is 0.00896. The van der Waals surface area contributed by atoms with Gasteiger partial charge in [0.2, 0.25) is 0 Å². The van der Waals surface area contributed by atoms with Crippen molar-refractivity contribution >= 4 is 5.91 Å². The molecular weight excluding hydrogens is 340 g/mol. The van der Waals surface area contributed by atoms with Crippen molar-refractivity contribution in [3.05, 3.63) is 59.7 Å². The standard InChI is InChI=1S/C22H28N2O3/c1-16(17-8-5-4-6-9-17)23-22(25)15-24-13-7-10-20(24)19-12-11-18(26-2)14-21(19)27-3/h4-6,8-9,11-12,14,16,20H,7,10,13,15H2,1-3H3,(H,23,25)/p+1/t16-,20-/m1/s1. The van der Waals surface area contributed by atoms with E-state index < -0.39 is 0 Å². The van der Waals surface area contributed by atoms with Gasteiger partial charge in [0.05, 0.1) is 32.4 Å². The van der Waals surface area contributed by atoms with Gasteiger partial charge in [-0.15, -0.1) is 0 Å². The molecule has 0 aliphatic carbocycles. The molecular formula is C22H29N2O3+. The van der Waals surface area contributed by atoms with E-state index in [0.29, 0.717) is 6.54 Å². The molecule has 5 heteroatoms. The molecule has 144 valence electrons. The van der Waals surface area contributed by atoms with E-state index >= 15 is 0 Å². The first-order valence-electron chi connectivity index (χ1n) is 9.53. The summed E-state index contributed by atoms with van der Waals surface area (Å²) < 4.78 is 10.9. The molecule has 1 aliphatic heterocycles. The Kier molecular flexibility index (Phi) is 6.35. The summed E-state index contributed by atoms with van der Waals surface area (Å²) in [4.78, 5) is 13.9. The summed E-state index contributed by atoms with van der Waals surface area (Å²) in [5, 5.41) is 3.13. The molecule has 2 aromatic rings. The lowest BCUT2D eigenvalue weighted by Gasteiger charge is -2.24. The van der Waals surface area contributed by atoms with Gasteiger partial charge < -0.3 is 19.7 Å². The van der Waals surface area contributed by atoms with Crippen LogP contribution < -0.4 is 19.7 Å². The molecule has 1 saturated heterocycles. The second-order valence-electron chi connectivity index (χ2n) is 7.09. The molecule has 0 bridgehead atoms. The molecule has 0 aromatic heterocycles. The van der Waals surface area contributed by atoms with Crippen molar-refractivity contribution in [2.45, 2.75) is 31.8 Å². The maximum atomic E-state index is 12.6. The third kappa shape index (κ3) is 4.61. The number of benzene rings is 2. The Morgan fingerprint density at radius 3 is 2.67 bits per heavy atom. The van der Waals surface area contributed by atoms with Crippen LogP contribution in [0.2, 0.25) is 0 Å². The van der Waals surface area contributed by atoms with Gasteiger partial charge in [0.1, 0.15) is 17.5 Å². The fourth-order valence-corrected chi connectivity index (χ4v) is 3.93. The molecule has 0 saturated carbocycles. The summed E-state index contributed by atoms with van der Waals surface area (Å²) in [6.07, 6.45) is 2.16. The smallest absolute Gasteiger partial charge is 0.275 e. The van der Waals surface area contributed by atoms with Gasteiger partial charge >= 0.3 is 0 Å².